The van der Waals surface area contributed by atoms with Crippen molar-refractivity contribution in [2.24, 2.45) is 5.92 Å². The molecule has 1 aliphatic rings. The normalized spacial score (nSPS) is 22.4. The lowest BCUT2D eigenvalue weighted by atomic mass is 9.90. The lowest BCUT2D eigenvalue weighted by Crippen LogP contribution is -2.52. The van der Waals surface area contributed by atoms with Crippen LogP contribution in [0.3, 0.4) is 0 Å². The number of nitrogens with zero attached hydrogens (tertiary/aromatic N) is 2. The van der Waals surface area contributed by atoms with Gasteiger partial charge in [0, 0.05) is 12.7 Å². The minimum absolute atomic E-state index is 0.0574. The first-order chi connectivity index (χ1) is 9.56. The maximum Gasteiger partial charge on any atom is 0.326 e. The van der Waals surface area contributed by atoms with E-state index in [1.807, 2.05) is 6.92 Å². The van der Waals surface area contributed by atoms with Crippen LogP contribution in [0.5, 0.6) is 5.75 Å². The van der Waals surface area contributed by atoms with Crippen LogP contribution in [-0.2, 0) is 4.79 Å². The Morgan fingerprint density at radius 3 is 2.90 bits per heavy atom. The SMILES string of the molecule is COc1cnccc1C(=O)N1CCCC(C)C1C(=O)O. The Bertz CT molecular complexity index is 518. The fraction of sp³-hybridized carbons (Fsp3) is 0.500. The molecule has 1 N–H and O–H groups in total. The maximum absolute atomic E-state index is 12.6. The Labute approximate surface area is 117 Å². The quantitative estimate of drug-likeness (QED) is 0.904. The average molecular weight is 278 g/mol. The number of aliphatic carboxylic acids is 1. The van der Waals surface area contributed by atoms with Crippen molar-refractivity contribution in [3.05, 3.63) is 24.0 Å². The van der Waals surface area contributed by atoms with E-state index >= 15 is 0 Å². The van der Waals surface area contributed by atoms with Crippen molar-refractivity contribution in [1.82, 2.24) is 9.88 Å². The number of carboxylic acids is 1. The number of carbonyl (C=O) groups is 2. The molecule has 2 rings (SSSR count). The lowest BCUT2D eigenvalue weighted by Gasteiger charge is -2.37. The largest absolute Gasteiger partial charge is 0.494 e. The molecule has 1 aromatic heterocycles. The van der Waals surface area contributed by atoms with Gasteiger partial charge < -0.3 is 14.7 Å². The summed E-state index contributed by atoms with van der Waals surface area (Å²) in [6.45, 7) is 2.31. The first kappa shape index (κ1) is 14.3. The van der Waals surface area contributed by atoms with Crippen LogP contribution in [0.1, 0.15) is 30.1 Å². The van der Waals surface area contributed by atoms with Crippen LogP contribution in [0.25, 0.3) is 0 Å². The third-order valence-electron chi connectivity index (χ3n) is 3.68. The van der Waals surface area contributed by atoms with E-state index in [9.17, 15) is 14.7 Å². The number of ether oxygens (including phenoxy) is 1. The summed E-state index contributed by atoms with van der Waals surface area (Å²) in [4.78, 5) is 29.3. The predicted molar refractivity (Wildman–Crippen MR) is 71.6 cm³/mol. The van der Waals surface area contributed by atoms with Crippen molar-refractivity contribution in [2.45, 2.75) is 25.8 Å². The molecule has 0 aliphatic carbocycles. The van der Waals surface area contributed by atoms with Gasteiger partial charge in [-0.3, -0.25) is 9.78 Å². The summed E-state index contributed by atoms with van der Waals surface area (Å²) in [5, 5.41) is 9.36. The molecule has 2 unspecified atom stereocenters. The van der Waals surface area contributed by atoms with Crippen LogP contribution < -0.4 is 4.74 Å². The molecule has 1 aromatic rings. The number of hydrogen-bond acceptors (Lipinski definition) is 4. The predicted octanol–water partition coefficient (Wildman–Crippen LogP) is 1.42. The van der Waals surface area contributed by atoms with Gasteiger partial charge in [-0.2, -0.15) is 0 Å². The van der Waals surface area contributed by atoms with Crippen molar-refractivity contribution in [1.29, 1.82) is 0 Å². The number of carboxylic acid groups (broad SMARTS) is 1. The zero-order valence-electron chi connectivity index (χ0n) is 11.6. The van der Waals surface area contributed by atoms with Crippen LogP contribution in [0, 0.1) is 5.92 Å². The Hall–Kier alpha value is -2.11. The molecule has 0 spiro atoms. The minimum atomic E-state index is -0.960. The van der Waals surface area contributed by atoms with Crippen molar-refractivity contribution < 1.29 is 19.4 Å². The van der Waals surface area contributed by atoms with Gasteiger partial charge >= 0.3 is 5.97 Å². The Morgan fingerprint density at radius 1 is 1.50 bits per heavy atom. The molecule has 20 heavy (non-hydrogen) atoms. The van der Waals surface area contributed by atoms with E-state index in [-0.39, 0.29) is 11.8 Å². The number of rotatable bonds is 3. The number of amides is 1. The summed E-state index contributed by atoms with van der Waals surface area (Å²) in [6.07, 6.45) is 4.58. The molecule has 2 heterocycles. The van der Waals surface area contributed by atoms with E-state index < -0.39 is 12.0 Å². The number of hydrogen-bond donors (Lipinski definition) is 1. The van der Waals surface area contributed by atoms with E-state index in [0.717, 1.165) is 12.8 Å². The van der Waals surface area contributed by atoms with Crippen molar-refractivity contribution in [3.63, 3.8) is 0 Å². The van der Waals surface area contributed by atoms with Crippen LogP contribution >= 0.6 is 0 Å². The second-order valence-corrected chi connectivity index (χ2v) is 4.98. The Kier molecular flexibility index (Phi) is 4.22. The molecule has 6 nitrogen and oxygen atoms in total. The van der Waals surface area contributed by atoms with Crippen LogP contribution in [0.2, 0.25) is 0 Å². The van der Waals surface area contributed by atoms with Crippen LogP contribution in [0.4, 0.5) is 0 Å². The number of piperidine rings is 1. The second kappa shape index (κ2) is 5.90. The Balaban J connectivity index is 2.33. The molecular formula is C14H18N2O4. The van der Waals surface area contributed by atoms with E-state index in [0.29, 0.717) is 17.9 Å². The number of methoxy groups -OCH3 is 1. The average Bonchev–Trinajstić information content (AvgIpc) is 2.45. The van der Waals surface area contributed by atoms with Gasteiger partial charge in [0.1, 0.15) is 11.8 Å². The highest BCUT2D eigenvalue weighted by molar-refractivity contribution is 5.99. The number of likely N-dealkylation sites (tertiary alicyclic amines) is 1. The molecule has 1 amide bonds. The molecule has 0 radical (unpaired) electrons. The molecular weight excluding hydrogens is 260 g/mol. The topological polar surface area (TPSA) is 79.7 Å². The summed E-state index contributed by atoms with van der Waals surface area (Å²) >= 11 is 0. The van der Waals surface area contributed by atoms with Gasteiger partial charge in [-0.25, -0.2) is 4.79 Å². The minimum Gasteiger partial charge on any atom is -0.494 e. The summed E-state index contributed by atoms with van der Waals surface area (Å²) < 4.78 is 5.12. The van der Waals surface area contributed by atoms with Gasteiger partial charge in [-0.05, 0) is 24.8 Å². The highest BCUT2D eigenvalue weighted by atomic mass is 16.5. The maximum atomic E-state index is 12.6. The molecule has 1 saturated heterocycles. The van der Waals surface area contributed by atoms with E-state index in [4.69, 9.17) is 4.74 Å². The second-order valence-electron chi connectivity index (χ2n) is 4.98. The van der Waals surface area contributed by atoms with Gasteiger partial charge in [-0.15, -0.1) is 0 Å². The smallest absolute Gasteiger partial charge is 0.326 e. The van der Waals surface area contributed by atoms with Crippen molar-refractivity contribution in [2.75, 3.05) is 13.7 Å². The molecule has 6 heteroatoms. The third kappa shape index (κ3) is 2.59. The summed E-state index contributed by atoms with van der Waals surface area (Å²) in [6, 6.07) is 0.772. The Morgan fingerprint density at radius 2 is 2.25 bits per heavy atom. The fourth-order valence-corrected chi connectivity index (χ4v) is 2.67. The van der Waals surface area contributed by atoms with Gasteiger partial charge in [0.05, 0.1) is 18.9 Å². The molecule has 108 valence electrons. The standard InChI is InChI=1S/C14H18N2O4/c1-9-4-3-7-16(12(9)14(18)19)13(17)10-5-6-15-8-11(10)20-2/h5-6,8-9,12H,3-4,7H2,1-2H3,(H,18,19). The molecule has 0 aromatic carbocycles. The van der Waals surface area contributed by atoms with E-state index in [1.54, 1.807) is 6.07 Å². The number of aromatic nitrogens is 1. The van der Waals surface area contributed by atoms with Gasteiger partial charge in [0.2, 0.25) is 0 Å². The highest BCUT2D eigenvalue weighted by Crippen LogP contribution is 2.27. The molecule has 0 bridgehead atoms. The third-order valence-corrected chi connectivity index (χ3v) is 3.68. The molecule has 0 saturated carbocycles. The number of pyridine rings is 1. The first-order valence-corrected chi connectivity index (χ1v) is 6.58. The zero-order chi connectivity index (χ0) is 14.7. The van der Waals surface area contributed by atoms with Crippen LogP contribution in [-0.4, -0.2) is 46.6 Å². The summed E-state index contributed by atoms with van der Waals surface area (Å²) in [5.41, 5.74) is 0.350. The van der Waals surface area contributed by atoms with Crippen molar-refractivity contribution >= 4 is 11.9 Å². The monoisotopic (exact) mass is 278 g/mol. The fourth-order valence-electron chi connectivity index (χ4n) is 2.67. The molecule has 2 atom stereocenters. The summed E-state index contributed by atoms with van der Waals surface area (Å²) in [7, 11) is 1.46. The zero-order valence-corrected chi connectivity index (χ0v) is 11.6. The highest BCUT2D eigenvalue weighted by Gasteiger charge is 2.38. The van der Waals surface area contributed by atoms with E-state index in [2.05, 4.69) is 4.98 Å². The van der Waals surface area contributed by atoms with Crippen molar-refractivity contribution in [3.8, 4) is 5.75 Å². The van der Waals surface area contributed by atoms with Crippen LogP contribution in [0.15, 0.2) is 18.5 Å². The first-order valence-electron chi connectivity index (χ1n) is 6.58. The molecule has 1 aliphatic heterocycles. The van der Waals surface area contributed by atoms with Gasteiger partial charge in [0.25, 0.3) is 5.91 Å². The number of carbonyl (C=O) groups excluding carboxylic acids is 1. The molecule has 1 fully saturated rings. The van der Waals surface area contributed by atoms with Gasteiger partial charge in [0.15, 0.2) is 0 Å². The van der Waals surface area contributed by atoms with Gasteiger partial charge in [-0.1, -0.05) is 6.92 Å². The lowest BCUT2D eigenvalue weighted by molar-refractivity contribution is -0.145. The van der Waals surface area contributed by atoms with E-state index in [1.165, 1.54) is 24.4 Å². The summed E-state index contributed by atoms with van der Waals surface area (Å²) in [5.74, 6) is -0.973.